The van der Waals surface area contributed by atoms with Crippen LogP contribution in [-0.4, -0.2) is 31.1 Å². The summed E-state index contributed by atoms with van der Waals surface area (Å²) in [4.78, 5) is 4.89. The highest BCUT2D eigenvalue weighted by Crippen LogP contribution is 2.28. The van der Waals surface area contributed by atoms with Crippen molar-refractivity contribution < 1.29 is 0 Å². The average molecular weight is 379 g/mol. The quantitative estimate of drug-likeness (QED) is 0.563. The van der Waals surface area contributed by atoms with Gasteiger partial charge in [0.25, 0.3) is 0 Å². The van der Waals surface area contributed by atoms with Crippen molar-refractivity contribution in [2.24, 2.45) is 0 Å². The van der Waals surface area contributed by atoms with Crippen molar-refractivity contribution in [3.63, 3.8) is 0 Å². The number of anilines is 2. The molecule has 2 heteroatoms. The Morgan fingerprint density at radius 2 is 0.893 bits per heavy atom. The van der Waals surface area contributed by atoms with Crippen molar-refractivity contribution in [1.82, 2.24) is 4.90 Å². The van der Waals surface area contributed by atoms with Crippen LogP contribution in [0.2, 0.25) is 0 Å². The van der Waals surface area contributed by atoms with Gasteiger partial charge in [0, 0.05) is 30.5 Å². The molecule has 2 aliphatic rings. The van der Waals surface area contributed by atoms with E-state index in [0.717, 1.165) is 12.1 Å². The maximum absolute atomic E-state index is 2.72. The van der Waals surface area contributed by atoms with Gasteiger partial charge in [0.1, 0.15) is 0 Å². The van der Waals surface area contributed by atoms with E-state index >= 15 is 0 Å². The number of rotatable bonds is 4. The van der Waals surface area contributed by atoms with Gasteiger partial charge in [-0.25, -0.2) is 0 Å². The third kappa shape index (κ3) is 6.10. The van der Waals surface area contributed by atoms with E-state index in [1.165, 1.54) is 75.6 Å². The minimum atomic E-state index is 0.923. The average Bonchev–Trinajstić information content (AvgIpc) is 2.81. The third-order valence-electron chi connectivity index (χ3n) is 6.59. The Morgan fingerprint density at radius 3 is 1.25 bits per heavy atom. The summed E-state index contributed by atoms with van der Waals surface area (Å²) in [6.07, 6.45) is 14.7. The Bertz CT molecular complexity index is 585. The molecule has 2 nitrogen and oxygen atoms in total. The van der Waals surface area contributed by atoms with E-state index in [1.807, 2.05) is 12.1 Å². The topological polar surface area (TPSA) is 6.48 Å². The minimum absolute atomic E-state index is 0.923. The van der Waals surface area contributed by atoms with Crippen LogP contribution in [0.25, 0.3) is 0 Å². The van der Waals surface area contributed by atoms with Crippen molar-refractivity contribution in [2.75, 3.05) is 19.0 Å². The zero-order valence-electron chi connectivity index (χ0n) is 17.9. The molecule has 2 saturated carbocycles. The van der Waals surface area contributed by atoms with Gasteiger partial charge < -0.3 is 9.80 Å². The molecule has 2 aromatic carbocycles. The second-order valence-electron chi connectivity index (χ2n) is 8.48. The molecule has 0 N–H and O–H groups in total. The van der Waals surface area contributed by atoms with Gasteiger partial charge in [0.05, 0.1) is 0 Å². The first-order chi connectivity index (χ1) is 13.8. The van der Waals surface area contributed by atoms with E-state index in [-0.39, 0.29) is 0 Å². The first-order valence-electron chi connectivity index (χ1n) is 11.3. The van der Waals surface area contributed by atoms with Gasteiger partial charge in [-0.05, 0) is 57.0 Å². The molecule has 0 saturated heterocycles. The fourth-order valence-corrected chi connectivity index (χ4v) is 4.73. The highest BCUT2D eigenvalue weighted by Gasteiger charge is 2.25. The zero-order valence-corrected chi connectivity index (χ0v) is 17.9. The zero-order chi connectivity index (χ0) is 19.6. The lowest BCUT2D eigenvalue weighted by molar-refractivity contribution is 0.111. The third-order valence-corrected chi connectivity index (χ3v) is 6.59. The standard InChI is InChI=1S/C13H25N.C13H13N/c2*1-14(12-8-4-2-5-9-12)13-10-6-3-7-11-13/h12-13H,2-11H2,1H3;2-11H,1H3. The second-order valence-corrected chi connectivity index (χ2v) is 8.48. The van der Waals surface area contributed by atoms with Crippen LogP contribution in [0.3, 0.4) is 0 Å². The van der Waals surface area contributed by atoms with E-state index in [9.17, 15) is 0 Å². The van der Waals surface area contributed by atoms with Crippen LogP contribution < -0.4 is 4.90 Å². The van der Waals surface area contributed by atoms with Gasteiger partial charge >= 0.3 is 0 Å². The normalized spacial score (nSPS) is 18.4. The minimum Gasteiger partial charge on any atom is -0.345 e. The summed E-state index contributed by atoms with van der Waals surface area (Å²) in [7, 11) is 4.46. The van der Waals surface area contributed by atoms with Crippen molar-refractivity contribution in [2.45, 2.75) is 76.3 Å². The molecule has 0 radical (unpaired) electrons. The summed E-state index contributed by atoms with van der Waals surface area (Å²) in [5.74, 6) is 0. The first kappa shape index (κ1) is 20.9. The first-order valence-corrected chi connectivity index (χ1v) is 11.3. The Balaban J connectivity index is 0.000000161. The highest BCUT2D eigenvalue weighted by atomic mass is 15.2. The largest absolute Gasteiger partial charge is 0.345 e. The molecule has 0 amide bonds. The lowest BCUT2D eigenvalue weighted by Crippen LogP contribution is -2.42. The van der Waals surface area contributed by atoms with Crippen LogP contribution in [0.4, 0.5) is 11.4 Å². The van der Waals surface area contributed by atoms with Crippen LogP contribution in [0.5, 0.6) is 0 Å². The van der Waals surface area contributed by atoms with Crippen LogP contribution in [-0.2, 0) is 0 Å². The maximum Gasteiger partial charge on any atom is 0.0408 e. The van der Waals surface area contributed by atoms with Gasteiger partial charge in [0.2, 0.25) is 0 Å². The van der Waals surface area contributed by atoms with Gasteiger partial charge in [0.15, 0.2) is 0 Å². The molecule has 0 atom stereocenters. The van der Waals surface area contributed by atoms with Crippen LogP contribution in [0.15, 0.2) is 60.7 Å². The van der Waals surface area contributed by atoms with Crippen LogP contribution >= 0.6 is 0 Å². The molecular weight excluding hydrogens is 340 g/mol. The summed E-state index contributed by atoms with van der Waals surface area (Å²) >= 11 is 0. The second kappa shape index (κ2) is 11.3. The fourth-order valence-electron chi connectivity index (χ4n) is 4.73. The van der Waals surface area contributed by atoms with Crippen molar-refractivity contribution in [1.29, 1.82) is 0 Å². The summed E-state index contributed by atoms with van der Waals surface area (Å²) in [5.41, 5.74) is 2.41. The lowest BCUT2D eigenvalue weighted by atomic mass is 9.89. The Hall–Kier alpha value is -1.80. The molecular formula is C26H38N2. The number of nitrogens with zero attached hydrogens (tertiary/aromatic N) is 2. The van der Waals surface area contributed by atoms with Gasteiger partial charge in [-0.1, -0.05) is 74.9 Å². The van der Waals surface area contributed by atoms with Crippen molar-refractivity contribution in [3.05, 3.63) is 60.7 Å². The number of hydrogen-bond donors (Lipinski definition) is 0. The van der Waals surface area contributed by atoms with Gasteiger partial charge in [-0.15, -0.1) is 0 Å². The Labute approximate surface area is 172 Å². The highest BCUT2D eigenvalue weighted by molar-refractivity contribution is 5.61. The molecule has 0 aromatic heterocycles. The van der Waals surface area contributed by atoms with E-state index in [1.54, 1.807) is 0 Å². The van der Waals surface area contributed by atoms with Crippen LogP contribution in [0.1, 0.15) is 64.2 Å². The van der Waals surface area contributed by atoms with E-state index in [4.69, 9.17) is 0 Å². The molecule has 152 valence electrons. The predicted molar refractivity (Wildman–Crippen MR) is 122 cm³/mol. The smallest absolute Gasteiger partial charge is 0.0408 e. The molecule has 2 aliphatic carbocycles. The molecule has 2 aromatic rings. The molecule has 0 heterocycles. The van der Waals surface area contributed by atoms with Crippen LogP contribution in [0, 0.1) is 0 Å². The molecule has 0 aliphatic heterocycles. The molecule has 2 fully saturated rings. The molecule has 0 spiro atoms. The van der Waals surface area contributed by atoms with Gasteiger partial charge in [-0.3, -0.25) is 0 Å². The van der Waals surface area contributed by atoms with Crippen molar-refractivity contribution >= 4 is 11.4 Å². The predicted octanol–water partition coefficient (Wildman–Crippen LogP) is 7.04. The van der Waals surface area contributed by atoms with E-state index in [2.05, 4.69) is 72.4 Å². The monoisotopic (exact) mass is 378 g/mol. The van der Waals surface area contributed by atoms with Gasteiger partial charge in [-0.2, -0.15) is 0 Å². The summed E-state index contributed by atoms with van der Waals surface area (Å²) in [5, 5.41) is 0. The molecule has 28 heavy (non-hydrogen) atoms. The SMILES string of the molecule is CN(C1CCCCC1)C1CCCCC1.CN(c1ccccc1)c1ccccc1. The fraction of sp³-hybridized carbons (Fsp3) is 0.538. The molecule has 4 rings (SSSR count). The van der Waals surface area contributed by atoms with E-state index < -0.39 is 0 Å². The van der Waals surface area contributed by atoms with Crippen molar-refractivity contribution in [3.8, 4) is 0 Å². The van der Waals surface area contributed by atoms with E-state index in [0.29, 0.717) is 0 Å². The molecule has 0 bridgehead atoms. The summed E-state index contributed by atoms with van der Waals surface area (Å²) in [6, 6.07) is 22.5. The lowest BCUT2D eigenvalue weighted by Gasteiger charge is -2.39. The maximum atomic E-state index is 2.72. The Morgan fingerprint density at radius 1 is 0.536 bits per heavy atom. The number of benzene rings is 2. The Kier molecular flexibility index (Phi) is 8.42. The molecule has 0 unspecified atom stereocenters. The number of hydrogen-bond acceptors (Lipinski definition) is 2. The summed E-state index contributed by atoms with van der Waals surface area (Å²) < 4.78 is 0. The summed E-state index contributed by atoms with van der Waals surface area (Å²) in [6.45, 7) is 0. The number of para-hydroxylation sites is 2.